The van der Waals surface area contributed by atoms with Crippen molar-refractivity contribution in [2.24, 2.45) is 11.8 Å². The van der Waals surface area contributed by atoms with Gasteiger partial charge in [-0.15, -0.1) is 0 Å². The molecule has 2 aromatic rings. The first-order valence-corrected chi connectivity index (χ1v) is 15.6. The van der Waals surface area contributed by atoms with E-state index in [1.54, 1.807) is 0 Å². The van der Waals surface area contributed by atoms with Crippen LogP contribution < -0.4 is 0 Å². The summed E-state index contributed by atoms with van der Waals surface area (Å²) < 4.78 is 30.5. The van der Waals surface area contributed by atoms with Gasteiger partial charge in [-0.05, 0) is 123 Å². The Kier molecular flexibility index (Phi) is 10.6. The van der Waals surface area contributed by atoms with E-state index >= 15 is 8.78 Å². The highest BCUT2D eigenvalue weighted by Crippen LogP contribution is 2.40. The predicted molar refractivity (Wildman–Crippen MR) is 153 cm³/mol. The molecule has 0 aromatic heterocycles. The van der Waals surface area contributed by atoms with Crippen LogP contribution in [-0.4, -0.2) is 0 Å². The number of hydrogen-bond acceptors (Lipinski definition) is 0. The lowest BCUT2D eigenvalue weighted by atomic mass is 9.76. The third-order valence-corrected chi connectivity index (χ3v) is 9.72. The van der Waals surface area contributed by atoms with E-state index in [1.807, 2.05) is 13.0 Å². The van der Waals surface area contributed by atoms with Crippen LogP contribution in [0.4, 0.5) is 8.78 Å². The van der Waals surface area contributed by atoms with Crippen LogP contribution in [-0.2, 0) is 12.8 Å². The van der Waals surface area contributed by atoms with Crippen molar-refractivity contribution in [1.29, 1.82) is 0 Å². The van der Waals surface area contributed by atoms with Crippen molar-refractivity contribution in [2.45, 2.75) is 135 Å². The quantitative estimate of drug-likeness (QED) is 0.265. The summed E-state index contributed by atoms with van der Waals surface area (Å²) in [4.78, 5) is 0. The Morgan fingerprint density at radius 2 is 1.30 bits per heavy atom. The standard InChI is InChI=1S/C35H50F2/c1-4-6-7-9-27-14-21-31(22-15-27)33-24-25(3)32(34(36)35(33)37)23-16-28-12-19-30(20-13-28)29-17-10-26(8-5-2)11-18-29/h12-13,19-20,24,26-27,29,31H,4-11,14-18,21-23H2,1-3H3. The fraction of sp³-hybridized carbons (Fsp3) is 0.657. The molecule has 0 amide bonds. The minimum atomic E-state index is -0.597. The Bertz CT molecular complexity index is 960. The fourth-order valence-corrected chi connectivity index (χ4v) is 7.28. The Morgan fingerprint density at radius 3 is 1.92 bits per heavy atom. The minimum absolute atomic E-state index is 0.175. The molecule has 2 saturated carbocycles. The lowest BCUT2D eigenvalue weighted by Crippen LogP contribution is -2.16. The maximum absolute atomic E-state index is 15.3. The van der Waals surface area contributed by atoms with Crippen LogP contribution in [0, 0.1) is 30.4 Å². The molecule has 0 radical (unpaired) electrons. The molecule has 0 saturated heterocycles. The maximum atomic E-state index is 15.3. The van der Waals surface area contributed by atoms with Gasteiger partial charge in [-0.25, -0.2) is 8.78 Å². The number of hydrogen-bond donors (Lipinski definition) is 0. The topological polar surface area (TPSA) is 0 Å². The van der Waals surface area contributed by atoms with Gasteiger partial charge in [0.1, 0.15) is 0 Å². The van der Waals surface area contributed by atoms with Crippen LogP contribution in [0.15, 0.2) is 30.3 Å². The Balaban J connectivity index is 1.32. The molecular weight excluding hydrogens is 458 g/mol. The first-order chi connectivity index (χ1) is 18.0. The van der Waals surface area contributed by atoms with E-state index < -0.39 is 11.6 Å². The molecule has 2 fully saturated rings. The number of benzene rings is 2. The fourth-order valence-electron chi connectivity index (χ4n) is 7.28. The van der Waals surface area contributed by atoms with Crippen LogP contribution in [0.1, 0.15) is 143 Å². The lowest BCUT2D eigenvalue weighted by Gasteiger charge is -2.29. The number of unbranched alkanes of at least 4 members (excludes halogenated alkanes) is 2. The molecular formula is C35H50F2. The molecule has 0 atom stereocenters. The van der Waals surface area contributed by atoms with E-state index in [4.69, 9.17) is 0 Å². The molecule has 0 unspecified atom stereocenters. The van der Waals surface area contributed by atoms with Gasteiger partial charge in [-0.3, -0.25) is 0 Å². The van der Waals surface area contributed by atoms with Gasteiger partial charge in [-0.1, -0.05) is 82.7 Å². The monoisotopic (exact) mass is 508 g/mol. The summed E-state index contributed by atoms with van der Waals surface area (Å²) >= 11 is 0. The molecule has 0 heterocycles. The van der Waals surface area contributed by atoms with Crippen molar-refractivity contribution in [3.8, 4) is 0 Å². The van der Waals surface area contributed by atoms with Crippen LogP contribution >= 0.6 is 0 Å². The second kappa shape index (κ2) is 13.9. The van der Waals surface area contributed by atoms with Crippen molar-refractivity contribution in [1.82, 2.24) is 0 Å². The summed E-state index contributed by atoms with van der Waals surface area (Å²) in [6.45, 7) is 6.51. The summed E-state index contributed by atoms with van der Waals surface area (Å²) in [5.41, 5.74) is 4.78. The Labute approximate surface area is 225 Å². The number of rotatable bonds is 11. The molecule has 0 bridgehead atoms. The first kappa shape index (κ1) is 28.3. The SMILES string of the molecule is CCCCCC1CCC(c2cc(C)c(CCc3ccc(C4CCC(CCC)CC4)cc3)c(F)c2F)CC1. The van der Waals surface area contributed by atoms with Gasteiger partial charge >= 0.3 is 0 Å². The Morgan fingerprint density at radius 1 is 0.676 bits per heavy atom. The Hall–Kier alpha value is -1.70. The van der Waals surface area contributed by atoms with Gasteiger partial charge in [0.25, 0.3) is 0 Å². The van der Waals surface area contributed by atoms with Gasteiger partial charge in [0.2, 0.25) is 0 Å². The highest BCUT2D eigenvalue weighted by Gasteiger charge is 2.27. The number of aryl methyl sites for hydroxylation is 2. The minimum Gasteiger partial charge on any atom is -0.203 e. The summed E-state index contributed by atoms with van der Waals surface area (Å²) in [5, 5.41) is 0. The van der Waals surface area contributed by atoms with Gasteiger partial charge in [-0.2, -0.15) is 0 Å². The van der Waals surface area contributed by atoms with Crippen molar-refractivity contribution in [2.75, 3.05) is 0 Å². The van der Waals surface area contributed by atoms with Gasteiger partial charge < -0.3 is 0 Å². The van der Waals surface area contributed by atoms with Crippen LogP contribution in [0.5, 0.6) is 0 Å². The van der Waals surface area contributed by atoms with Gasteiger partial charge in [0.15, 0.2) is 11.6 Å². The number of halogens is 2. The van der Waals surface area contributed by atoms with E-state index in [1.165, 1.54) is 75.3 Å². The zero-order valence-corrected chi connectivity index (χ0v) is 23.8. The van der Waals surface area contributed by atoms with E-state index in [0.29, 0.717) is 23.5 Å². The second-order valence-corrected chi connectivity index (χ2v) is 12.4. The van der Waals surface area contributed by atoms with Crippen molar-refractivity contribution in [3.63, 3.8) is 0 Å². The molecule has 0 N–H and O–H groups in total. The average Bonchev–Trinajstić information content (AvgIpc) is 2.92. The average molecular weight is 509 g/mol. The first-order valence-electron chi connectivity index (χ1n) is 15.6. The van der Waals surface area contributed by atoms with Crippen molar-refractivity contribution in [3.05, 3.63) is 69.8 Å². The lowest BCUT2D eigenvalue weighted by molar-refractivity contribution is 0.297. The van der Waals surface area contributed by atoms with Crippen LogP contribution in [0.3, 0.4) is 0 Å². The predicted octanol–water partition coefficient (Wildman–Crippen LogP) is 11.0. The molecule has 0 nitrogen and oxygen atoms in total. The van der Waals surface area contributed by atoms with Crippen molar-refractivity contribution < 1.29 is 8.78 Å². The summed E-state index contributed by atoms with van der Waals surface area (Å²) in [6.07, 6.45) is 18.8. The second-order valence-electron chi connectivity index (χ2n) is 12.4. The molecule has 2 heteroatoms. The summed E-state index contributed by atoms with van der Waals surface area (Å²) in [7, 11) is 0. The molecule has 2 aliphatic carbocycles. The largest absolute Gasteiger partial charge is 0.203 e. The van der Waals surface area contributed by atoms with E-state index in [0.717, 1.165) is 49.5 Å². The smallest absolute Gasteiger partial charge is 0.162 e. The van der Waals surface area contributed by atoms with Gasteiger partial charge in [0, 0.05) is 0 Å². The highest BCUT2D eigenvalue weighted by molar-refractivity contribution is 5.37. The molecule has 37 heavy (non-hydrogen) atoms. The highest BCUT2D eigenvalue weighted by atomic mass is 19.2. The van der Waals surface area contributed by atoms with E-state index in [-0.39, 0.29) is 5.92 Å². The molecule has 0 spiro atoms. The molecule has 0 aliphatic heterocycles. The third kappa shape index (κ3) is 7.45. The van der Waals surface area contributed by atoms with Crippen LogP contribution in [0.25, 0.3) is 0 Å². The zero-order chi connectivity index (χ0) is 26.2. The molecule has 2 aliphatic rings. The summed E-state index contributed by atoms with van der Waals surface area (Å²) in [6, 6.07) is 11.0. The van der Waals surface area contributed by atoms with Crippen molar-refractivity contribution >= 4 is 0 Å². The molecule has 204 valence electrons. The van der Waals surface area contributed by atoms with E-state index in [2.05, 4.69) is 38.1 Å². The van der Waals surface area contributed by atoms with E-state index in [9.17, 15) is 0 Å². The summed E-state index contributed by atoms with van der Waals surface area (Å²) in [5.74, 6) is 1.39. The third-order valence-electron chi connectivity index (χ3n) is 9.72. The molecule has 2 aromatic carbocycles. The molecule has 4 rings (SSSR count). The van der Waals surface area contributed by atoms with Crippen LogP contribution in [0.2, 0.25) is 0 Å². The zero-order valence-electron chi connectivity index (χ0n) is 23.8. The van der Waals surface area contributed by atoms with Gasteiger partial charge in [0.05, 0.1) is 0 Å². The normalized spacial score (nSPS) is 24.4. The maximum Gasteiger partial charge on any atom is 0.162 e.